The van der Waals surface area contributed by atoms with E-state index in [1.54, 1.807) is 39.8 Å². The number of nitrogens with one attached hydrogen (secondary N) is 1. The Morgan fingerprint density at radius 3 is 2.89 bits per heavy atom. The summed E-state index contributed by atoms with van der Waals surface area (Å²) in [6, 6.07) is 8.03. The van der Waals surface area contributed by atoms with Gasteiger partial charge in [0.15, 0.2) is 0 Å². The van der Waals surface area contributed by atoms with E-state index in [1.807, 2.05) is 6.92 Å². The fraction of sp³-hybridized carbons (Fsp3) is 0.292. The summed E-state index contributed by atoms with van der Waals surface area (Å²) in [7, 11) is 0. The molecule has 4 N–H and O–H groups in total. The lowest BCUT2D eigenvalue weighted by molar-refractivity contribution is -0.138. The number of aromatic nitrogens is 4. The van der Waals surface area contributed by atoms with Crippen molar-refractivity contribution in [3.8, 4) is 5.75 Å². The Labute approximate surface area is 208 Å². The first-order valence-electron chi connectivity index (χ1n) is 11.3. The summed E-state index contributed by atoms with van der Waals surface area (Å²) >= 11 is 3.31. The molecule has 0 bridgehead atoms. The van der Waals surface area contributed by atoms with Crippen LogP contribution in [0.3, 0.4) is 0 Å². The number of hydrogen-bond donors (Lipinski definition) is 3. The molecule has 1 aromatic carbocycles. The first-order valence-corrected chi connectivity index (χ1v) is 12.1. The van der Waals surface area contributed by atoms with E-state index in [2.05, 4.69) is 36.2 Å². The fourth-order valence-electron chi connectivity index (χ4n) is 5.38. The van der Waals surface area contributed by atoms with E-state index in [0.29, 0.717) is 39.2 Å². The van der Waals surface area contributed by atoms with E-state index < -0.39 is 6.04 Å². The summed E-state index contributed by atoms with van der Waals surface area (Å²) in [5.41, 5.74) is 8.21. The number of aromatic hydroxyl groups is 1. The highest BCUT2D eigenvalue weighted by atomic mass is 79.9. The quantitative estimate of drug-likeness (QED) is 0.341. The van der Waals surface area contributed by atoms with Crippen molar-refractivity contribution in [1.29, 1.82) is 0 Å². The molecule has 1 aliphatic heterocycles. The fourth-order valence-corrected chi connectivity index (χ4v) is 5.72. The number of phenols is 1. The molecule has 1 saturated carbocycles. The zero-order valence-corrected chi connectivity index (χ0v) is 20.4. The lowest BCUT2D eigenvalue weighted by Gasteiger charge is -2.27. The van der Waals surface area contributed by atoms with Gasteiger partial charge in [-0.15, -0.1) is 0 Å². The molecular formula is C24H22BrN7O3. The van der Waals surface area contributed by atoms with Crippen molar-refractivity contribution in [2.24, 2.45) is 5.92 Å². The second-order valence-electron chi connectivity index (χ2n) is 9.15. The minimum Gasteiger partial charge on any atom is -0.508 e. The highest BCUT2D eigenvalue weighted by Gasteiger charge is 2.56. The number of phenolic OH excluding ortho intramolecular Hbond substituents is 1. The predicted molar refractivity (Wildman–Crippen MR) is 134 cm³/mol. The molecule has 0 radical (unpaired) electrons. The number of benzene rings is 1. The van der Waals surface area contributed by atoms with Crippen LogP contribution in [-0.2, 0) is 16.1 Å². The number of rotatable bonds is 4. The number of halogens is 1. The van der Waals surface area contributed by atoms with Gasteiger partial charge in [-0.1, -0.05) is 6.07 Å². The molecule has 1 unspecified atom stereocenters. The molecule has 35 heavy (non-hydrogen) atoms. The largest absolute Gasteiger partial charge is 0.508 e. The number of likely N-dealkylation sites (tertiary alicyclic amines) is 1. The molecule has 10 nitrogen and oxygen atoms in total. The lowest BCUT2D eigenvalue weighted by Crippen LogP contribution is -2.46. The van der Waals surface area contributed by atoms with Gasteiger partial charge >= 0.3 is 0 Å². The maximum atomic E-state index is 13.7. The number of amides is 2. The summed E-state index contributed by atoms with van der Waals surface area (Å²) in [5, 5.41) is 14.3. The van der Waals surface area contributed by atoms with Gasteiger partial charge in [-0.25, -0.2) is 15.0 Å². The molecule has 178 valence electrons. The Kier molecular flexibility index (Phi) is 4.92. The van der Waals surface area contributed by atoms with Crippen LogP contribution in [0.25, 0.3) is 21.9 Å². The molecule has 3 atom stereocenters. The van der Waals surface area contributed by atoms with Crippen LogP contribution in [0, 0.1) is 12.8 Å². The Bertz CT molecular complexity index is 1530. The summed E-state index contributed by atoms with van der Waals surface area (Å²) < 4.78 is 2.42. The minimum atomic E-state index is -0.565. The van der Waals surface area contributed by atoms with E-state index in [0.717, 1.165) is 17.5 Å². The Balaban J connectivity index is 1.35. The van der Waals surface area contributed by atoms with Crippen molar-refractivity contribution in [2.75, 3.05) is 11.1 Å². The van der Waals surface area contributed by atoms with E-state index in [4.69, 9.17) is 5.73 Å². The van der Waals surface area contributed by atoms with E-state index >= 15 is 0 Å². The number of nitrogens with zero attached hydrogens (tertiary/aromatic N) is 5. The van der Waals surface area contributed by atoms with Gasteiger partial charge in [0.05, 0.1) is 10.9 Å². The zero-order chi connectivity index (χ0) is 24.4. The zero-order valence-electron chi connectivity index (χ0n) is 18.8. The number of hydrogen-bond acceptors (Lipinski definition) is 7. The van der Waals surface area contributed by atoms with Crippen molar-refractivity contribution < 1.29 is 14.7 Å². The molecule has 4 heterocycles. The normalized spacial score (nSPS) is 20.9. The number of fused-ring (bicyclic) bond motifs is 4. The molecular weight excluding hydrogens is 514 g/mol. The molecule has 4 aromatic rings. The Morgan fingerprint density at radius 2 is 2.09 bits per heavy atom. The predicted octanol–water partition coefficient (Wildman–Crippen LogP) is 2.97. The SMILES string of the molecule is Cc1cc(O)cc2c3c(N)ncnc3n(CC(=O)N3C(C(=O)Nc4cccc(Br)n4)C[C@H]4C[C@@H]43)c12. The number of anilines is 2. The molecule has 2 fully saturated rings. The third-order valence-corrected chi connectivity index (χ3v) is 7.33. The van der Waals surface area contributed by atoms with Crippen LogP contribution in [0.5, 0.6) is 5.75 Å². The van der Waals surface area contributed by atoms with Crippen molar-refractivity contribution in [2.45, 2.75) is 38.4 Å². The monoisotopic (exact) mass is 535 g/mol. The summed E-state index contributed by atoms with van der Waals surface area (Å²) in [6.07, 6.45) is 2.89. The number of carbonyl (C=O) groups is 2. The third-order valence-electron chi connectivity index (χ3n) is 6.89. The maximum Gasteiger partial charge on any atom is 0.248 e. The van der Waals surface area contributed by atoms with Crippen LogP contribution in [-0.4, -0.2) is 53.4 Å². The number of nitrogen functional groups attached to an aromatic ring is 1. The molecule has 2 amide bonds. The minimum absolute atomic E-state index is 0.00972. The topological polar surface area (TPSA) is 139 Å². The number of carbonyl (C=O) groups excluding carboxylic acids is 2. The highest BCUT2D eigenvalue weighted by Crippen LogP contribution is 2.48. The second kappa shape index (κ2) is 7.91. The van der Waals surface area contributed by atoms with Gasteiger partial charge in [-0.3, -0.25) is 9.59 Å². The van der Waals surface area contributed by atoms with Gasteiger partial charge < -0.3 is 25.6 Å². The summed E-state index contributed by atoms with van der Waals surface area (Å²) in [6.45, 7) is 1.85. The smallest absolute Gasteiger partial charge is 0.248 e. The summed E-state index contributed by atoms with van der Waals surface area (Å²) in [4.78, 5) is 41.3. The van der Waals surface area contributed by atoms with Crippen molar-refractivity contribution in [1.82, 2.24) is 24.4 Å². The Hall–Kier alpha value is -3.73. The molecule has 6 rings (SSSR count). The van der Waals surface area contributed by atoms with Crippen LogP contribution in [0.1, 0.15) is 18.4 Å². The van der Waals surface area contributed by atoms with Crippen molar-refractivity contribution >= 4 is 61.3 Å². The second-order valence-corrected chi connectivity index (χ2v) is 9.97. The highest BCUT2D eigenvalue weighted by molar-refractivity contribution is 9.10. The Morgan fingerprint density at radius 1 is 1.26 bits per heavy atom. The van der Waals surface area contributed by atoms with Gasteiger partial charge in [0.25, 0.3) is 0 Å². The van der Waals surface area contributed by atoms with Gasteiger partial charge in [0.1, 0.15) is 46.5 Å². The van der Waals surface area contributed by atoms with Gasteiger partial charge in [-0.2, -0.15) is 0 Å². The van der Waals surface area contributed by atoms with Crippen LogP contribution < -0.4 is 11.1 Å². The number of pyridine rings is 1. The first kappa shape index (κ1) is 21.8. The van der Waals surface area contributed by atoms with Crippen molar-refractivity contribution in [3.63, 3.8) is 0 Å². The maximum absolute atomic E-state index is 13.7. The van der Waals surface area contributed by atoms with Gasteiger partial charge in [-0.05, 0) is 71.4 Å². The van der Waals surface area contributed by atoms with Crippen LogP contribution in [0.15, 0.2) is 41.3 Å². The van der Waals surface area contributed by atoms with Crippen molar-refractivity contribution in [3.05, 3.63) is 46.8 Å². The average Bonchev–Trinajstić information content (AvgIpc) is 3.34. The standard InChI is InChI=1S/C24H22BrN7O3/c1-11-5-13(33)8-14-20-22(26)27-10-28-23(20)31(21(11)14)9-19(34)32-15-6-12(15)7-16(32)24(35)30-18-4-2-3-17(25)29-18/h2-5,8,10,12,15-16,33H,6-7,9H2,1H3,(H2,26,27,28)(H,29,30,35)/t12-,15+,16?/m1/s1. The first-order chi connectivity index (χ1) is 16.8. The molecule has 1 aliphatic carbocycles. The molecule has 11 heteroatoms. The van der Waals surface area contributed by atoms with Gasteiger partial charge in [0, 0.05) is 11.4 Å². The lowest BCUT2D eigenvalue weighted by atomic mass is 10.1. The van der Waals surface area contributed by atoms with Crippen LogP contribution >= 0.6 is 15.9 Å². The van der Waals surface area contributed by atoms with Crippen LogP contribution in [0.2, 0.25) is 0 Å². The average molecular weight is 536 g/mol. The molecule has 3 aromatic heterocycles. The van der Waals surface area contributed by atoms with E-state index in [9.17, 15) is 14.7 Å². The number of nitrogens with two attached hydrogens (primary N) is 1. The molecule has 2 aliphatic rings. The molecule has 0 spiro atoms. The van der Waals surface area contributed by atoms with E-state index in [-0.39, 0.29) is 36.0 Å². The third kappa shape index (κ3) is 3.57. The summed E-state index contributed by atoms with van der Waals surface area (Å²) in [5.74, 6) is 0.731. The van der Waals surface area contributed by atoms with Crippen LogP contribution in [0.4, 0.5) is 11.6 Å². The van der Waals surface area contributed by atoms with Gasteiger partial charge in [0.2, 0.25) is 11.8 Å². The number of piperidine rings is 1. The van der Waals surface area contributed by atoms with E-state index in [1.165, 1.54) is 6.33 Å². The molecule has 1 saturated heterocycles. The number of aryl methyl sites for hydroxylation is 1.